The van der Waals surface area contributed by atoms with Crippen molar-refractivity contribution >= 4 is 23.5 Å². The zero-order valence-electron chi connectivity index (χ0n) is 20.5. The molecule has 4 rings (SSSR count). The zero-order chi connectivity index (χ0) is 23.5. The Morgan fingerprint density at radius 3 is 2.67 bits per heavy atom. The van der Waals surface area contributed by atoms with Crippen molar-refractivity contribution in [3.05, 3.63) is 41.2 Å². The molecule has 2 fully saturated rings. The fourth-order valence-corrected chi connectivity index (χ4v) is 5.49. The summed E-state index contributed by atoms with van der Waals surface area (Å²) in [5, 5.41) is 7.76. The van der Waals surface area contributed by atoms with Crippen LogP contribution in [0.25, 0.3) is 0 Å². The van der Waals surface area contributed by atoms with Crippen molar-refractivity contribution in [2.24, 2.45) is 16.8 Å². The molecule has 1 saturated heterocycles. The summed E-state index contributed by atoms with van der Waals surface area (Å²) in [5.74, 6) is 3.86. The van der Waals surface area contributed by atoms with Gasteiger partial charge in [-0.2, -0.15) is 4.98 Å². The van der Waals surface area contributed by atoms with Gasteiger partial charge in [-0.25, -0.2) is 0 Å². The number of anilines is 1. The first kappa shape index (κ1) is 24.1. The molecule has 0 spiro atoms. The third-order valence-corrected chi connectivity index (χ3v) is 7.75. The second-order valence-electron chi connectivity index (χ2n) is 9.44. The van der Waals surface area contributed by atoms with Crippen molar-refractivity contribution in [2.75, 3.05) is 31.3 Å². The molecule has 0 radical (unpaired) electrons. The summed E-state index contributed by atoms with van der Waals surface area (Å²) in [5.41, 5.74) is 1.31. The average molecular weight is 472 g/mol. The van der Waals surface area contributed by atoms with Gasteiger partial charge in [0.05, 0.1) is 18.2 Å². The molecule has 1 aromatic heterocycles. The van der Waals surface area contributed by atoms with E-state index in [1.165, 1.54) is 16.9 Å². The van der Waals surface area contributed by atoms with Crippen LogP contribution in [-0.2, 0) is 4.74 Å². The van der Waals surface area contributed by atoms with E-state index in [2.05, 4.69) is 71.1 Å². The molecule has 7 nitrogen and oxygen atoms in total. The Balaban J connectivity index is 1.30. The molecule has 180 valence electrons. The summed E-state index contributed by atoms with van der Waals surface area (Å²) in [6, 6.07) is -0.00318. The highest BCUT2D eigenvalue weighted by atomic mass is 32.2. The minimum absolute atomic E-state index is 0.00318. The van der Waals surface area contributed by atoms with Gasteiger partial charge in [0.1, 0.15) is 5.84 Å². The van der Waals surface area contributed by atoms with Gasteiger partial charge in [-0.1, -0.05) is 32.1 Å². The van der Waals surface area contributed by atoms with Gasteiger partial charge in [-0.15, -0.1) is 18.3 Å². The normalized spacial score (nSPS) is 25.3. The maximum atomic E-state index is 6.46. The molecule has 0 aromatic carbocycles. The van der Waals surface area contributed by atoms with Gasteiger partial charge in [0.25, 0.3) is 5.95 Å². The number of ether oxygens (including phenoxy) is 1. The molecule has 1 aliphatic heterocycles. The van der Waals surface area contributed by atoms with E-state index >= 15 is 0 Å². The minimum atomic E-state index is -0.00925. The van der Waals surface area contributed by atoms with Crippen LogP contribution in [0.15, 0.2) is 44.8 Å². The van der Waals surface area contributed by atoms with Crippen LogP contribution >= 0.6 is 11.8 Å². The number of rotatable bonds is 9. The summed E-state index contributed by atoms with van der Waals surface area (Å²) in [6.07, 6.45) is 11.9. The number of amidine groups is 1. The molecular weight excluding hydrogens is 434 g/mol. The van der Waals surface area contributed by atoms with E-state index in [9.17, 15) is 0 Å². The number of hydrogen-bond acceptors (Lipinski definition) is 7. The maximum absolute atomic E-state index is 6.46. The Hall–Kier alpha value is -2.06. The fourth-order valence-electron chi connectivity index (χ4n) is 4.72. The Labute approximate surface area is 201 Å². The number of nitrogens with one attached hydrogen (secondary N) is 1. The summed E-state index contributed by atoms with van der Waals surface area (Å²) >= 11 is 1.86. The number of nitrogens with zero attached hydrogens (tertiary/aromatic N) is 4. The molecule has 2 heterocycles. The zero-order valence-corrected chi connectivity index (χ0v) is 21.3. The molecule has 2 aliphatic carbocycles. The summed E-state index contributed by atoms with van der Waals surface area (Å²) in [4.78, 5) is 12.8. The van der Waals surface area contributed by atoms with E-state index in [0.29, 0.717) is 23.7 Å². The predicted molar refractivity (Wildman–Crippen MR) is 136 cm³/mol. The summed E-state index contributed by atoms with van der Waals surface area (Å²) in [6.45, 7) is 12.0. The highest BCUT2D eigenvalue weighted by Crippen LogP contribution is 2.54. The third-order valence-electron chi connectivity index (χ3n) is 6.84. The van der Waals surface area contributed by atoms with Crippen LogP contribution in [0.3, 0.4) is 0 Å². The predicted octanol–water partition coefficient (Wildman–Crippen LogP) is 4.56. The quantitative estimate of drug-likeness (QED) is 0.321. The molecule has 3 unspecified atom stereocenters. The molecule has 1 aromatic rings. The van der Waals surface area contributed by atoms with Gasteiger partial charge in [0.2, 0.25) is 5.89 Å². The van der Waals surface area contributed by atoms with Gasteiger partial charge in [-0.05, 0) is 59.9 Å². The highest BCUT2D eigenvalue weighted by Gasteiger charge is 2.45. The largest absolute Gasteiger partial charge is 0.373 e. The first-order valence-electron chi connectivity index (χ1n) is 12.0. The van der Waals surface area contributed by atoms with Gasteiger partial charge < -0.3 is 19.5 Å². The van der Waals surface area contributed by atoms with Crippen molar-refractivity contribution in [3.63, 3.8) is 0 Å². The molecule has 1 saturated carbocycles. The lowest BCUT2D eigenvalue weighted by molar-refractivity contribution is -0.0220. The Morgan fingerprint density at radius 1 is 1.30 bits per heavy atom. The van der Waals surface area contributed by atoms with Crippen molar-refractivity contribution in [2.45, 2.75) is 64.2 Å². The van der Waals surface area contributed by atoms with Gasteiger partial charge >= 0.3 is 0 Å². The Bertz CT molecular complexity index is 929. The van der Waals surface area contributed by atoms with E-state index in [4.69, 9.17) is 9.26 Å². The second kappa shape index (κ2) is 10.5. The minimum Gasteiger partial charge on any atom is -0.373 e. The van der Waals surface area contributed by atoms with Crippen molar-refractivity contribution in [1.82, 2.24) is 15.5 Å². The lowest BCUT2D eigenvalue weighted by atomic mass is 10.0. The van der Waals surface area contributed by atoms with Crippen LogP contribution in [0, 0.1) is 11.8 Å². The summed E-state index contributed by atoms with van der Waals surface area (Å²) in [7, 11) is 1.86. The Morgan fingerprint density at radius 2 is 2.06 bits per heavy atom. The van der Waals surface area contributed by atoms with Crippen LogP contribution in [0.2, 0.25) is 0 Å². The fraction of sp³-hybridized carbons (Fsp3) is 0.640. The van der Waals surface area contributed by atoms with Gasteiger partial charge in [-0.3, -0.25) is 4.99 Å². The number of aromatic nitrogens is 2. The van der Waals surface area contributed by atoms with E-state index in [0.717, 1.165) is 31.8 Å². The van der Waals surface area contributed by atoms with E-state index < -0.39 is 0 Å². The first-order valence-corrected chi connectivity index (χ1v) is 13.2. The number of allylic oxidation sites excluding steroid dienone is 3. The summed E-state index contributed by atoms with van der Waals surface area (Å²) < 4.78 is 11.8. The van der Waals surface area contributed by atoms with E-state index in [-0.39, 0.29) is 24.2 Å². The Kier molecular flexibility index (Phi) is 7.64. The van der Waals surface area contributed by atoms with E-state index in [1.807, 2.05) is 24.9 Å². The monoisotopic (exact) mass is 471 g/mol. The number of piperidine rings is 1. The van der Waals surface area contributed by atoms with Crippen molar-refractivity contribution in [3.8, 4) is 0 Å². The maximum Gasteiger partial charge on any atom is 0.266 e. The van der Waals surface area contributed by atoms with E-state index in [1.54, 1.807) is 0 Å². The molecule has 8 heteroatoms. The number of aliphatic imine (C=N–C) groups is 1. The molecular formula is C25H37N5O2S. The molecule has 0 bridgehead atoms. The highest BCUT2D eigenvalue weighted by molar-refractivity contribution is 8.02. The molecule has 1 N–H and O–H groups in total. The number of fused-ring (bicyclic) bond motifs is 1. The molecule has 33 heavy (non-hydrogen) atoms. The lowest BCUT2D eigenvalue weighted by Crippen LogP contribution is -2.46. The van der Waals surface area contributed by atoms with Crippen LogP contribution < -0.4 is 10.2 Å². The van der Waals surface area contributed by atoms with Crippen LogP contribution in [-0.4, -0.2) is 60.6 Å². The van der Waals surface area contributed by atoms with Crippen molar-refractivity contribution < 1.29 is 9.26 Å². The topological polar surface area (TPSA) is 75.8 Å². The lowest BCUT2D eigenvalue weighted by Gasteiger charge is -2.34. The average Bonchev–Trinajstić information content (AvgIpc) is 3.47. The molecule has 4 atom stereocenters. The molecule has 0 amide bonds. The van der Waals surface area contributed by atoms with Crippen LogP contribution in [0.5, 0.6) is 0 Å². The van der Waals surface area contributed by atoms with Crippen molar-refractivity contribution in [1.29, 1.82) is 0 Å². The smallest absolute Gasteiger partial charge is 0.266 e. The van der Waals surface area contributed by atoms with Crippen LogP contribution in [0.4, 0.5) is 5.95 Å². The van der Waals surface area contributed by atoms with Gasteiger partial charge in [0.15, 0.2) is 0 Å². The number of hydrogen-bond donors (Lipinski definition) is 1. The second-order valence-corrected chi connectivity index (χ2v) is 10.3. The standard InChI is InChI=1S/C25H37N5O2S/c1-7-21(27-23(26-5)18-8-9-22(33-6)20-14-19(18)20)16(4)31-17-10-12-30(13-11-17)25-28-24(15(2)3)32-29-25/h7-9,15-17,19-21H,1,10-14H2,2-6H3,(H,26,27)/t16-,19?,20?,21?/m1/s1. The van der Waals surface area contributed by atoms with Gasteiger partial charge in [0, 0.05) is 26.1 Å². The molecule has 3 aliphatic rings. The SMILES string of the molecule is C=CC(NC(=NC)C1=CC=C(SC)C2CC12)[C@@H](C)OC1CCN(c2noc(C(C)C)n2)CC1. The number of thioether (sulfide) groups is 1. The third kappa shape index (κ3) is 5.38. The first-order chi connectivity index (χ1) is 15.9. The van der Waals surface area contributed by atoms with Crippen LogP contribution in [0.1, 0.15) is 51.8 Å².